The number of amides is 1. The molecular formula is C15H23ClN2O2. The Labute approximate surface area is 126 Å². The first-order valence-corrected chi connectivity index (χ1v) is 6.87. The van der Waals surface area contributed by atoms with E-state index in [0.29, 0.717) is 13.2 Å². The Morgan fingerprint density at radius 1 is 1.40 bits per heavy atom. The van der Waals surface area contributed by atoms with Gasteiger partial charge in [-0.25, -0.2) is 0 Å². The number of nitrogens with one attached hydrogen (secondary N) is 2. The molecule has 1 saturated heterocycles. The molecule has 1 amide bonds. The minimum Gasteiger partial charge on any atom is -0.380 e. The molecule has 1 aliphatic heterocycles. The summed E-state index contributed by atoms with van der Waals surface area (Å²) in [5.41, 5.74) is 2.24. The normalized spacial score (nSPS) is 18.1. The van der Waals surface area contributed by atoms with Crippen LogP contribution in [-0.2, 0) is 22.7 Å². The molecule has 0 radical (unpaired) electrons. The smallest absolute Gasteiger partial charge is 0.237 e. The summed E-state index contributed by atoms with van der Waals surface area (Å²) < 4.78 is 5.11. The third-order valence-corrected chi connectivity index (χ3v) is 3.40. The van der Waals surface area contributed by atoms with Gasteiger partial charge in [-0.2, -0.15) is 0 Å². The van der Waals surface area contributed by atoms with Crippen molar-refractivity contribution in [2.24, 2.45) is 0 Å². The molecule has 2 N–H and O–H groups in total. The number of halogens is 1. The monoisotopic (exact) mass is 298 g/mol. The fourth-order valence-corrected chi connectivity index (χ4v) is 2.38. The summed E-state index contributed by atoms with van der Waals surface area (Å²) in [6, 6.07) is 8.09. The molecular weight excluding hydrogens is 276 g/mol. The number of carbonyl (C=O) groups is 1. The first-order chi connectivity index (χ1) is 9.29. The van der Waals surface area contributed by atoms with Crippen LogP contribution in [0, 0.1) is 0 Å². The Morgan fingerprint density at radius 3 is 2.90 bits per heavy atom. The summed E-state index contributed by atoms with van der Waals surface area (Å²) in [4.78, 5) is 12.0. The van der Waals surface area contributed by atoms with Gasteiger partial charge in [-0.3, -0.25) is 4.79 Å². The summed E-state index contributed by atoms with van der Waals surface area (Å²) in [6.45, 7) is 2.13. The minimum atomic E-state index is -0.0177. The first kappa shape index (κ1) is 17.0. The summed E-state index contributed by atoms with van der Waals surface area (Å²) in [7, 11) is 1.68. The molecule has 1 aliphatic rings. The van der Waals surface area contributed by atoms with Gasteiger partial charge in [-0.1, -0.05) is 30.7 Å². The molecule has 0 bridgehead atoms. The molecule has 1 fully saturated rings. The van der Waals surface area contributed by atoms with Gasteiger partial charge in [-0.15, -0.1) is 12.4 Å². The van der Waals surface area contributed by atoms with Crippen molar-refractivity contribution in [2.45, 2.75) is 38.5 Å². The molecule has 1 aromatic carbocycles. The summed E-state index contributed by atoms with van der Waals surface area (Å²) in [5, 5.41) is 6.25. The van der Waals surface area contributed by atoms with Crippen LogP contribution in [0.1, 0.15) is 30.4 Å². The molecule has 5 heteroatoms. The Hall–Kier alpha value is -1.10. The lowest BCUT2D eigenvalue weighted by molar-refractivity contribution is -0.123. The fraction of sp³-hybridized carbons (Fsp3) is 0.533. The summed E-state index contributed by atoms with van der Waals surface area (Å²) in [6.07, 6.45) is 3.24. The SMILES string of the molecule is COCc1cccc(CNC(=O)C2CCCCN2)c1.Cl. The van der Waals surface area contributed by atoms with Crippen molar-refractivity contribution in [3.05, 3.63) is 35.4 Å². The van der Waals surface area contributed by atoms with Gasteiger partial charge in [-0.05, 0) is 30.5 Å². The molecule has 112 valence electrons. The lowest BCUT2D eigenvalue weighted by atomic mass is 10.0. The van der Waals surface area contributed by atoms with E-state index in [0.717, 1.165) is 30.5 Å². The standard InChI is InChI=1S/C15H22N2O2.ClH/c1-19-11-13-6-4-5-12(9-13)10-17-15(18)14-7-2-3-8-16-14;/h4-6,9,14,16H,2-3,7-8,10-11H2,1H3,(H,17,18);1H. The van der Waals surface area contributed by atoms with Crippen LogP contribution >= 0.6 is 12.4 Å². The summed E-state index contributed by atoms with van der Waals surface area (Å²) >= 11 is 0. The molecule has 2 rings (SSSR count). The molecule has 1 unspecified atom stereocenters. The number of benzene rings is 1. The zero-order chi connectivity index (χ0) is 13.5. The van der Waals surface area contributed by atoms with Gasteiger partial charge in [0.05, 0.1) is 12.6 Å². The summed E-state index contributed by atoms with van der Waals surface area (Å²) in [5.74, 6) is 0.108. The van der Waals surface area contributed by atoms with E-state index in [9.17, 15) is 4.79 Å². The largest absolute Gasteiger partial charge is 0.380 e. The molecule has 0 spiro atoms. The van der Waals surface area contributed by atoms with Gasteiger partial charge < -0.3 is 15.4 Å². The molecule has 1 aromatic rings. The van der Waals surface area contributed by atoms with Gasteiger partial charge in [0.15, 0.2) is 0 Å². The highest BCUT2D eigenvalue weighted by Gasteiger charge is 2.19. The number of ether oxygens (including phenoxy) is 1. The van der Waals surface area contributed by atoms with Crippen LogP contribution in [0.25, 0.3) is 0 Å². The van der Waals surface area contributed by atoms with E-state index in [-0.39, 0.29) is 24.4 Å². The second-order valence-corrected chi connectivity index (χ2v) is 4.97. The minimum absolute atomic E-state index is 0. The molecule has 0 aliphatic carbocycles. The maximum Gasteiger partial charge on any atom is 0.237 e. The van der Waals surface area contributed by atoms with Crippen molar-refractivity contribution in [3.8, 4) is 0 Å². The van der Waals surface area contributed by atoms with Gasteiger partial charge in [0.2, 0.25) is 5.91 Å². The van der Waals surface area contributed by atoms with Crippen molar-refractivity contribution in [2.75, 3.05) is 13.7 Å². The lowest BCUT2D eigenvalue weighted by Crippen LogP contribution is -2.46. The number of piperidine rings is 1. The third-order valence-electron chi connectivity index (χ3n) is 3.40. The average Bonchev–Trinajstić information content (AvgIpc) is 2.46. The van der Waals surface area contributed by atoms with Crippen molar-refractivity contribution in [1.29, 1.82) is 0 Å². The van der Waals surface area contributed by atoms with Crippen LogP contribution in [0.4, 0.5) is 0 Å². The predicted octanol–water partition coefficient (Wildman–Crippen LogP) is 2.01. The predicted molar refractivity (Wildman–Crippen MR) is 81.9 cm³/mol. The highest BCUT2D eigenvalue weighted by molar-refractivity contribution is 5.85. The van der Waals surface area contributed by atoms with E-state index < -0.39 is 0 Å². The van der Waals surface area contributed by atoms with Gasteiger partial charge in [0.1, 0.15) is 0 Å². The van der Waals surface area contributed by atoms with E-state index in [1.165, 1.54) is 6.42 Å². The van der Waals surface area contributed by atoms with Gasteiger partial charge in [0, 0.05) is 13.7 Å². The van der Waals surface area contributed by atoms with Crippen LogP contribution in [-0.4, -0.2) is 25.6 Å². The average molecular weight is 299 g/mol. The van der Waals surface area contributed by atoms with E-state index in [1.54, 1.807) is 7.11 Å². The van der Waals surface area contributed by atoms with E-state index in [1.807, 2.05) is 18.2 Å². The number of rotatable bonds is 5. The molecule has 20 heavy (non-hydrogen) atoms. The Balaban J connectivity index is 0.00000200. The molecule has 0 saturated carbocycles. The Kier molecular flexibility index (Phi) is 7.59. The fourth-order valence-electron chi connectivity index (χ4n) is 2.38. The Morgan fingerprint density at radius 2 is 2.20 bits per heavy atom. The zero-order valence-electron chi connectivity index (χ0n) is 11.9. The molecule has 0 aromatic heterocycles. The van der Waals surface area contributed by atoms with Gasteiger partial charge >= 0.3 is 0 Å². The maximum atomic E-state index is 12.0. The van der Waals surface area contributed by atoms with E-state index in [4.69, 9.17) is 4.74 Å². The second-order valence-electron chi connectivity index (χ2n) is 4.97. The topological polar surface area (TPSA) is 50.4 Å². The van der Waals surface area contributed by atoms with Crippen LogP contribution in [0.5, 0.6) is 0 Å². The highest BCUT2D eigenvalue weighted by Crippen LogP contribution is 2.09. The van der Waals surface area contributed by atoms with E-state index >= 15 is 0 Å². The number of carbonyl (C=O) groups excluding carboxylic acids is 1. The first-order valence-electron chi connectivity index (χ1n) is 6.87. The van der Waals surface area contributed by atoms with Crippen molar-refractivity contribution in [3.63, 3.8) is 0 Å². The molecule has 1 heterocycles. The van der Waals surface area contributed by atoms with Crippen LogP contribution in [0.2, 0.25) is 0 Å². The Bertz CT molecular complexity index is 420. The van der Waals surface area contributed by atoms with E-state index in [2.05, 4.69) is 16.7 Å². The number of methoxy groups -OCH3 is 1. The highest BCUT2D eigenvalue weighted by atomic mass is 35.5. The van der Waals surface area contributed by atoms with Crippen LogP contribution in [0.3, 0.4) is 0 Å². The third kappa shape index (κ3) is 5.12. The number of hydrogen-bond donors (Lipinski definition) is 2. The maximum absolute atomic E-state index is 12.0. The van der Waals surface area contributed by atoms with Crippen molar-refractivity contribution in [1.82, 2.24) is 10.6 Å². The van der Waals surface area contributed by atoms with Gasteiger partial charge in [0.25, 0.3) is 0 Å². The van der Waals surface area contributed by atoms with Crippen LogP contribution < -0.4 is 10.6 Å². The quantitative estimate of drug-likeness (QED) is 0.874. The molecule has 4 nitrogen and oxygen atoms in total. The second kappa shape index (κ2) is 8.95. The van der Waals surface area contributed by atoms with Crippen molar-refractivity contribution >= 4 is 18.3 Å². The number of hydrogen-bond acceptors (Lipinski definition) is 3. The zero-order valence-corrected chi connectivity index (χ0v) is 12.7. The molecule has 1 atom stereocenters. The van der Waals surface area contributed by atoms with Crippen LogP contribution in [0.15, 0.2) is 24.3 Å². The van der Waals surface area contributed by atoms with Crippen molar-refractivity contribution < 1.29 is 9.53 Å². The lowest BCUT2D eigenvalue weighted by Gasteiger charge is -2.22.